The van der Waals surface area contributed by atoms with Crippen molar-refractivity contribution < 1.29 is 14.0 Å². The highest BCUT2D eigenvalue weighted by atomic mass is 35.5. The van der Waals surface area contributed by atoms with E-state index in [-0.39, 0.29) is 24.4 Å². The van der Waals surface area contributed by atoms with Crippen LogP contribution in [0.25, 0.3) is 5.69 Å². The van der Waals surface area contributed by atoms with Crippen LogP contribution in [0.4, 0.5) is 10.1 Å². The van der Waals surface area contributed by atoms with E-state index in [4.69, 9.17) is 11.6 Å². The summed E-state index contributed by atoms with van der Waals surface area (Å²) in [5, 5.41) is 10.1. The monoisotopic (exact) mass is 477 g/mol. The Balaban J connectivity index is 1.43. The number of nitrogens with zero attached hydrogens (tertiary/aromatic N) is 3. The Kier molecular flexibility index (Phi) is 6.98. The van der Waals surface area contributed by atoms with E-state index in [0.717, 1.165) is 11.3 Å². The fourth-order valence-corrected chi connectivity index (χ4v) is 3.43. The van der Waals surface area contributed by atoms with E-state index < -0.39 is 11.7 Å². The minimum absolute atomic E-state index is 0.0738. The van der Waals surface area contributed by atoms with Gasteiger partial charge < -0.3 is 10.6 Å². The number of anilines is 1. The standard InChI is InChI=1S/C25H21ClFN5O2/c1-16-6-7-17(12-28-16)13-29-25(34)20-11-19(8-9-22(20)27)32-15-18(14-30-32)10-24(33)31-23-5-3-2-4-21(23)26/h2-9,11-12,14-15H,10,13H2,1H3,(H,29,34)(H,31,33). The van der Waals surface area contributed by atoms with E-state index in [1.165, 1.54) is 22.9 Å². The van der Waals surface area contributed by atoms with Gasteiger partial charge in [0.1, 0.15) is 5.82 Å². The maximum Gasteiger partial charge on any atom is 0.254 e. The number of rotatable bonds is 7. The van der Waals surface area contributed by atoms with Crippen molar-refractivity contribution in [2.75, 3.05) is 5.32 Å². The van der Waals surface area contributed by atoms with Gasteiger partial charge in [-0.2, -0.15) is 5.10 Å². The molecule has 2 aromatic heterocycles. The highest BCUT2D eigenvalue weighted by molar-refractivity contribution is 6.33. The van der Waals surface area contributed by atoms with Crippen LogP contribution in [0.15, 0.2) is 73.2 Å². The summed E-state index contributed by atoms with van der Waals surface area (Å²) in [5.41, 5.74) is 3.23. The molecule has 0 aliphatic carbocycles. The van der Waals surface area contributed by atoms with Crippen LogP contribution in [0.1, 0.15) is 27.2 Å². The van der Waals surface area contributed by atoms with Crippen LogP contribution >= 0.6 is 11.6 Å². The molecule has 7 nitrogen and oxygen atoms in total. The summed E-state index contributed by atoms with van der Waals surface area (Å²) >= 11 is 6.07. The second-order valence-electron chi connectivity index (χ2n) is 7.65. The van der Waals surface area contributed by atoms with E-state index >= 15 is 0 Å². The summed E-state index contributed by atoms with van der Waals surface area (Å²) in [6, 6.07) is 14.8. The number of benzene rings is 2. The molecule has 34 heavy (non-hydrogen) atoms. The molecule has 0 unspecified atom stereocenters. The zero-order valence-electron chi connectivity index (χ0n) is 18.3. The van der Waals surface area contributed by atoms with Crippen molar-refractivity contribution in [3.8, 4) is 5.69 Å². The molecule has 0 saturated heterocycles. The van der Waals surface area contributed by atoms with E-state index in [0.29, 0.717) is 22.0 Å². The molecule has 0 fully saturated rings. The molecule has 0 spiro atoms. The first kappa shape index (κ1) is 23.1. The molecule has 0 bridgehead atoms. The van der Waals surface area contributed by atoms with Gasteiger partial charge in [-0.3, -0.25) is 14.6 Å². The largest absolute Gasteiger partial charge is 0.348 e. The van der Waals surface area contributed by atoms with Crippen LogP contribution in [-0.2, 0) is 17.8 Å². The minimum Gasteiger partial charge on any atom is -0.348 e. The maximum atomic E-state index is 14.4. The van der Waals surface area contributed by atoms with Crippen LogP contribution in [0, 0.1) is 12.7 Å². The number of halogens is 2. The third-order valence-corrected chi connectivity index (χ3v) is 5.36. The number of hydrogen-bond donors (Lipinski definition) is 2. The second-order valence-corrected chi connectivity index (χ2v) is 8.06. The van der Waals surface area contributed by atoms with Gasteiger partial charge in [0.05, 0.1) is 34.6 Å². The quantitative estimate of drug-likeness (QED) is 0.411. The summed E-state index contributed by atoms with van der Waals surface area (Å²) in [5.74, 6) is -1.45. The summed E-state index contributed by atoms with van der Waals surface area (Å²) in [6.45, 7) is 2.09. The number of pyridine rings is 1. The van der Waals surface area contributed by atoms with Crippen LogP contribution in [0.2, 0.25) is 5.02 Å². The number of para-hydroxylation sites is 1. The first-order chi connectivity index (χ1) is 16.4. The summed E-state index contributed by atoms with van der Waals surface area (Å²) < 4.78 is 15.8. The molecule has 0 aliphatic heterocycles. The molecular formula is C25H21ClFN5O2. The van der Waals surface area contributed by atoms with E-state index in [2.05, 4.69) is 20.7 Å². The number of aryl methyl sites for hydroxylation is 1. The number of carbonyl (C=O) groups excluding carboxylic acids is 2. The van der Waals surface area contributed by atoms with Crippen LogP contribution in [0.3, 0.4) is 0 Å². The Hall–Kier alpha value is -4.04. The lowest BCUT2D eigenvalue weighted by Gasteiger charge is -2.09. The van der Waals surface area contributed by atoms with Crippen molar-refractivity contribution in [2.45, 2.75) is 19.9 Å². The topological polar surface area (TPSA) is 88.9 Å². The van der Waals surface area contributed by atoms with Crippen molar-refractivity contribution in [3.63, 3.8) is 0 Å². The Morgan fingerprint density at radius 3 is 2.65 bits per heavy atom. The van der Waals surface area contributed by atoms with Gasteiger partial charge in [0.2, 0.25) is 5.91 Å². The van der Waals surface area contributed by atoms with Crippen LogP contribution in [-0.4, -0.2) is 26.6 Å². The third-order valence-electron chi connectivity index (χ3n) is 5.03. The third kappa shape index (κ3) is 5.65. The minimum atomic E-state index is -0.644. The zero-order valence-corrected chi connectivity index (χ0v) is 19.0. The number of carbonyl (C=O) groups is 2. The molecule has 2 amide bonds. The molecule has 9 heteroatoms. The lowest BCUT2D eigenvalue weighted by Crippen LogP contribution is -2.24. The highest BCUT2D eigenvalue weighted by Gasteiger charge is 2.15. The van der Waals surface area contributed by atoms with Gasteiger partial charge in [-0.1, -0.05) is 29.8 Å². The molecule has 0 saturated carbocycles. The first-order valence-corrected chi connectivity index (χ1v) is 10.8. The van der Waals surface area contributed by atoms with Crippen LogP contribution < -0.4 is 10.6 Å². The number of aromatic nitrogens is 3. The van der Waals surface area contributed by atoms with E-state index in [9.17, 15) is 14.0 Å². The average Bonchev–Trinajstić information content (AvgIpc) is 3.28. The fraction of sp³-hybridized carbons (Fsp3) is 0.120. The molecule has 2 heterocycles. The Labute approximate surface area is 200 Å². The van der Waals surface area contributed by atoms with Gasteiger partial charge in [-0.25, -0.2) is 9.07 Å². The lowest BCUT2D eigenvalue weighted by atomic mass is 10.1. The van der Waals surface area contributed by atoms with Crippen molar-refractivity contribution in [1.82, 2.24) is 20.1 Å². The predicted molar refractivity (Wildman–Crippen MR) is 127 cm³/mol. The summed E-state index contributed by atoms with van der Waals surface area (Å²) in [7, 11) is 0. The second kappa shape index (κ2) is 10.3. The maximum absolute atomic E-state index is 14.4. The normalized spacial score (nSPS) is 10.7. The van der Waals surface area contributed by atoms with Gasteiger partial charge in [0, 0.05) is 24.6 Å². The van der Waals surface area contributed by atoms with E-state index in [1.807, 2.05) is 19.1 Å². The Bertz CT molecular complexity index is 1340. The fourth-order valence-electron chi connectivity index (χ4n) is 3.25. The van der Waals surface area contributed by atoms with Gasteiger partial charge >= 0.3 is 0 Å². The smallest absolute Gasteiger partial charge is 0.254 e. The number of amides is 2. The van der Waals surface area contributed by atoms with Gasteiger partial charge in [-0.05, 0) is 54.4 Å². The highest BCUT2D eigenvalue weighted by Crippen LogP contribution is 2.21. The molecule has 0 radical (unpaired) electrons. The van der Waals surface area contributed by atoms with Crippen molar-refractivity contribution >= 4 is 29.1 Å². The Morgan fingerprint density at radius 1 is 1.06 bits per heavy atom. The van der Waals surface area contributed by atoms with Gasteiger partial charge in [-0.15, -0.1) is 0 Å². The van der Waals surface area contributed by atoms with Crippen LogP contribution in [0.5, 0.6) is 0 Å². The van der Waals surface area contributed by atoms with E-state index in [1.54, 1.807) is 42.9 Å². The number of hydrogen-bond acceptors (Lipinski definition) is 4. The lowest BCUT2D eigenvalue weighted by molar-refractivity contribution is -0.115. The van der Waals surface area contributed by atoms with Crippen molar-refractivity contribution in [3.05, 3.63) is 106 Å². The number of nitrogens with one attached hydrogen (secondary N) is 2. The van der Waals surface area contributed by atoms with Gasteiger partial charge in [0.25, 0.3) is 5.91 Å². The molecular weight excluding hydrogens is 457 g/mol. The Morgan fingerprint density at radius 2 is 1.88 bits per heavy atom. The SMILES string of the molecule is Cc1ccc(CNC(=O)c2cc(-n3cc(CC(=O)Nc4ccccc4Cl)cn3)ccc2F)cn1. The molecule has 0 aliphatic rings. The molecule has 0 atom stereocenters. The molecule has 2 N–H and O–H groups in total. The summed E-state index contributed by atoms with van der Waals surface area (Å²) in [4.78, 5) is 29.1. The average molecular weight is 478 g/mol. The predicted octanol–water partition coefficient (Wildman–Crippen LogP) is 4.48. The molecule has 2 aromatic carbocycles. The summed E-state index contributed by atoms with van der Waals surface area (Å²) in [6.07, 6.45) is 4.93. The van der Waals surface area contributed by atoms with Crippen molar-refractivity contribution in [2.24, 2.45) is 0 Å². The molecule has 4 aromatic rings. The first-order valence-electron chi connectivity index (χ1n) is 10.5. The molecule has 4 rings (SSSR count). The molecule has 172 valence electrons. The zero-order chi connectivity index (χ0) is 24.1. The van der Waals surface area contributed by atoms with Crippen molar-refractivity contribution in [1.29, 1.82) is 0 Å². The van der Waals surface area contributed by atoms with Gasteiger partial charge in [0.15, 0.2) is 0 Å².